The van der Waals surface area contributed by atoms with Crippen LogP contribution in [0.25, 0.3) is 11.0 Å². The minimum Gasteiger partial charge on any atom is -0.396 e. The lowest BCUT2D eigenvalue weighted by Gasteiger charge is -2.14. The van der Waals surface area contributed by atoms with E-state index < -0.39 is 0 Å². The number of fused-ring (bicyclic) bond motifs is 1. The molecule has 1 unspecified atom stereocenters. The van der Waals surface area contributed by atoms with Crippen molar-refractivity contribution in [2.45, 2.75) is 25.4 Å². The van der Waals surface area contributed by atoms with Crippen LogP contribution in [0.5, 0.6) is 0 Å². The van der Waals surface area contributed by atoms with E-state index in [1.165, 1.54) is 5.56 Å². The standard InChI is InChI=1S/C18H21N3O/c19-15(13-14-7-2-1-3-8-14)18-20-16-9-4-5-10-17(16)21(18)11-6-12-22/h1-5,7-10,15,22H,6,11-13,19H2. The molecule has 0 radical (unpaired) electrons. The van der Waals surface area contributed by atoms with Crippen LogP contribution in [0.3, 0.4) is 0 Å². The summed E-state index contributed by atoms with van der Waals surface area (Å²) in [4.78, 5) is 4.72. The zero-order valence-corrected chi connectivity index (χ0v) is 12.5. The molecule has 22 heavy (non-hydrogen) atoms. The number of benzene rings is 2. The Balaban J connectivity index is 1.94. The van der Waals surface area contributed by atoms with E-state index in [-0.39, 0.29) is 12.6 Å². The molecule has 1 aromatic heterocycles. The van der Waals surface area contributed by atoms with Crippen molar-refractivity contribution >= 4 is 11.0 Å². The summed E-state index contributed by atoms with van der Waals surface area (Å²) in [5.41, 5.74) is 9.66. The first kappa shape index (κ1) is 14.8. The van der Waals surface area contributed by atoms with Gasteiger partial charge < -0.3 is 15.4 Å². The molecule has 0 aliphatic carbocycles. The number of imidazole rings is 1. The number of aromatic nitrogens is 2. The van der Waals surface area contributed by atoms with E-state index in [0.717, 1.165) is 29.8 Å². The predicted octanol–water partition coefficient (Wildman–Crippen LogP) is 2.66. The molecule has 0 spiro atoms. The topological polar surface area (TPSA) is 64.1 Å². The lowest BCUT2D eigenvalue weighted by molar-refractivity contribution is 0.279. The molecule has 3 N–H and O–H groups in total. The summed E-state index contributed by atoms with van der Waals surface area (Å²) >= 11 is 0. The van der Waals surface area contributed by atoms with E-state index in [1.54, 1.807) is 0 Å². The number of nitrogens with two attached hydrogens (primary N) is 1. The Labute approximate surface area is 130 Å². The average molecular weight is 295 g/mol. The minimum absolute atomic E-state index is 0.159. The molecule has 0 fully saturated rings. The van der Waals surface area contributed by atoms with Gasteiger partial charge in [0.15, 0.2) is 0 Å². The van der Waals surface area contributed by atoms with E-state index in [4.69, 9.17) is 15.8 Å². The van der Waals surface area contributed by atoms with Crippen molar-refractivity contribution in [1.29, 1.82) is 0 Å². The fourth-order valence-electron chi connectivity index (χ4n) is 2.80. The van der Waals surface area contributed by atoms with Gasteiger partial charge >= 0.3 is 0 Å². The summed E-state index contributed by atoms with van der Waals surface area (Å²) in [5, 5.41) is 9.14. The predicted molar refractivity (Wildman–Crippen MR) is 88.5 cm³/mol. The zero-order chi connectivity index (χ0) is 15.4. The van der Waals surface area contributed by atoms with Gasteiger partial charge in [0.2, 0.25) is 0 Å². The third-order valence-electron chi connectivity index (χ3n) is 3.85. The molecule has 0 aliphatic heterocycles. The summed E-state index contributed by atoms with van der Waals surface area (Å²) in [6, 6.07) is 18.1. The van der Waals surface area contributed by atoms with Crippen LogP contribution in [-0.2, 0) is 13.0 Å². The van der Waals surface area contributed by atoms with E-state index in [1.807, 2.05) is 36.4 Å². The zero-order valence-electron chi connectivity index (χ0n) is 12.5. The van der Waals surface area contributed by atoms with Crippen molar-refractivity contribution in [2.24, 2.45) is 5.73 Å². The maximum absolute atomic E-state index is 9.14. The molecular weight excluding hydrogens is 274 g/mol. The van der Waals surface area contributed by atoms with E-state index in [2.05, 4.69) is 22.8 Å². The Bertz CT molecular complexity index is 736. The van der Waals surface area contributed by atoms with Gasteiger partial charge in [0.1, 0.15) is 5.82 Å². The summed E-state index contributed by atoms with van der Waals surface area (Å²) in [6.07, 6.45) is 1.45. The lowest BCUT2D eigenvalue weighted by Crippen LogP contribution is -2.19. The maximum atomic E-state index is 9.14. The molecule has 4 nitrogen and oxygen atoms in total. The number of nitrogens with zero attached hydrogens (tertiary/aromatic N) is 2. The van der Waals surface area contributed by atoms with Gasteiger partial charge in [0.05, 0.1) is 17.1 Å². The minimum atomic E-state index is -0.159. The first-order valence-corrected chi connectivity index (χ1v) is 7.65. The van der Waals surface area contributed by atoms with Gasteiger partial charge in [-0.15, -0.1) is 0 Å². The largest absolute Gasteiger partial charge is 0.396 e. The molecule has 0 saturated heterocycles. The second kappa shape index (κ2) is 6.73. The molecule has 1 heterocycles. The molecule has 4 heteroatoms. The Morgan fingerprint density at radius 2 is 1.77 bits per heavy atom. The number of rotatable bonds is 6. The van der Waals surface area contributed by atoms with Crippen molar-refractivity contribution in [3.8, 4) is 0 Å². The van der Waals surface area contributed by atoms with Crippen molar-refractivity contribution in [2.75, 3.05) is 6.61 Å². The maximum Gasteiger partial charge on any atom is 0.127 e. The molecule has 3 rings (SSSR count). The quantitative estimate of drug-likeness (QED) is 0.735. The Kier molecular flexibility index (Phi) is 4.51. The highest BCUT2D eigenvalue weighted by molar-refractivity contribution is 5.76. The molecule has 2 aromatic carbocycles. The van der Waals surface area contributed by atoms with Gasteiger partial charge in [-0.3, -0.25) is 0 Å². The van der Waals surface area contributed by atoms with Crippen LogP contribution in [0.15, 0.2) is 54.6 Å². The van der Waals surface area contributed by atoms with Gasteiger partial charge in [-0.25, -0.2) is 4.98 Å². The first-order valence-electron chi connectivity index (χ1n) is 7.65. The van der Waals surface area contributed by atoms with Crippen molar-refractivity contribution in [3.63, 3.8) is 0 Å². The molecule has 0 saturated carbocycles. The molecule has 114 valence electrons. The Morgan fingerprint density at radius 3 is 2.55 bits per heavy atom. The van der Waals surface area contributed by atoms with Crippen LogP contribution < -0.4 is 5.73 Å². The van der Waals surface area contributed by atoms with Crippen LogP contribution in [0.4, 0.5) is 0 Å². The van der Waals surface area contributed by atoms with Gasteiger partial charge in [0, 0.05) is 13.2 Å². The van der Waals surface area contributed by atoms with Crippen molar-refractivity contribution in [3.05, 3.63) is 66.0 Å². The van der Waals surface area contributed by atoms with Gasteiger partial charge in [-0.2, -0.15) is 0 Å². The number of hydrogen-bond donors (Lipinski definition) is 2. The van der Waals surface area contributed by atoms with Crippen molar-refractivity contribution < 1.29 is 5.11 Å². The van der Waals surface area contributed by atoms with Crippen LogP contribution >= 0.6 is 0 Å². The second-order valence-corrected chi connectivity index (χ2v) is 5.48. The summed E-state index contributed by atoms with van der Waals surface area (Å²) in [7, 11) is 0. The van der Waals surface area contributed by atoms with Gasteiger partial charge in [-0.05, 0) is 30.5 Å². The first-order chi connectivity index (χ1) is 10.8. The molecule has 3 aromatic rings. The highest BCUT2D eigenvalue weighted by Gasteiger charge is 2.17. The number of aliphatic hydroxyl groups is 1. The molecule has 0 aliphatic rings. The fraction of sp³-hybridized carbons (Fsp3) is 0.278. The highest BCUT2D eigenvalue weighted by Crippen LogP contribution is 2.22. The van der Waals surface area contributed by atoms with Crippen LogP contribution in [0, 0.1) is 0 Å². The lowest BCUT2D eigenvalue weighted by atomic mass is 10.1. The number of aryl methyl sites for hydroxylation is 1. The summed E-state index contributed by atoms with van der Waals surface area (Å²) in [5.74, 6) is 0.888. The van der Waals surface area contributed by atoms with Gasteiger partial charge in [0.25, 0.3) is 0 Å². The normalized spacial score (nSPS) is 12.6. The number of para-hydroxylation sites is 2. The average Bonchev–Trinajstić information content (AvgIpc) is 2.92. The third kappa shape index (κ3) is 3.03. The smallest absolute Gasteiger partial charge is 0.127 e. The fourth-order valence-corrected chi connectivity index (χ4v) is 2.80. The molecule has 0 bridgehead atoms. The SMILES string of the molecule is NC(Cc1ccccc1)c1nc2ccccc2n1CCCO. The van der Waals surface area contributed by atoms with Crippen molar-refractivity contribution in [1.82, 2.24) is 9.55 Å². The van der Waals surface area contributed by atoms with Crippen LogP contribution in [-0.4, -0.2) is 21.3 Å². The van der Waals surface area contributed by atoms with Crippen LogP contribution in [0.1, 0.15) is 23.9 Å². The van der Waals surface area contributed by atoms with Gasteiger partial charge in [-0.1, -0.05) is 42.5 Å². The molecule has 1 atom stereocenters. The molecular formula is C18H21N3O. The van der Waals surface area contributed by atoms with E-state index >= 15 is 0 Å². The summed E-state index contributed by atoms with van der Waals surface area (Å²) in [6.45, 7) is 0.898. The van der Waals surface area contributed by atoms with E-state index in [9.17, 15) is 0 Å². The highest BCUT2D eigenvalue weighted by atomic mass is 16.3. The number of hydrogen-bond acceptors (Lipinski definition) is 3. The molecule has 0 amide bonds. The Morgan fingerprint density at radius 1 is 1.05 bits per heavy atom. The number of aliphatic hydroxyl groups excluding tert-OH is 1. The third-order valence-corrected chi connectivity index (χ3v) is 3.85. The monoisotopic (exact) mass is 295 g/mol. The Hall–Kier alpha value is -2.17. The van der Waals surface area contributed by atoms with E-state index in [0.29, 0.717) is 6.42 Å². The van der Waals surface area contributed by atoms with Crippen LogP contribution in [0.2, 0.25) is 0 Å². The summed E-state index contributed by atoms with van der Waals surface area (Å²) < 4.78 is 2.14. The second-order valence-electron chi connectivity index (χ2n) is 5.48.